The van der Waals surface area contributed by atoms with E-state index in [0.717, 1.165) is 5.75 Å². The van der Waals surface area contributed by atoms with Gasteiger partial charge < -0.3 is 4.74 Å². The van der Waals surface area contributed by atoms with Crippen LogP contribution in [0.4, 0.5) is 0 Å². The molecular formula is C29H24OSi. The third kappa shape index (κ3) is 3.26. The molecule has 0 bridgehead atoms. The van der Waals surface area contributed by atoms with E-state index >= 15 is 0 Å². The van der Waals surface area contributed by atoms with Gasteiger partial charge in [0, 0.05) is 0 Å². The van der Waals surface area contributed by atoms with E-state index in [0.29, 0.717) is 0 Å². The summed E-state index contributed by atoms with van der Waals surface area (Å²) in [6.45, 7) is 0. The van der Waals surface area contributed by atoms with Crippen LogP contribution in [0.3, 0.4) is 0 Å². The largest absolute Gasteiger partial charge is 0.497 e. The summed E-state index contributed by atoms with van der Waals surface area (Å²) in [4.78, 5) is 0. The van der Waals surface area contributed by atoms with Crippen LogP contribution in [0.5, 0.6) is 5.75 Å². The van der Waals surface area contributed by atoms with Crippen molar-refractivity contribution in [1.82, 2.24) is 0 Å². The fourth-order valence-corrected chi connectivity index (χ4v) is 9.64. The highest BCUT2D eigenvalue weighted by molar-refractivity contribution is 7.20. The SMILES string of the molecule is COc1cc2ccccc2cc1[Si](c1ccccc1)(c1ccccc1)c1ccccc1. The second-order valence-corrected chi connectivity index (χ2v) is 11.5. The van der Waals surface area contributed by atoms with E-state index < -0.39 is 8.07 Å². The van der Waals surface area contributed by atoms with Gasteiger partial charge >= 0.3 is 0 Å². The van der Waals surface area contributed by atoms with Crippen molar-refractivity contribution in [2.24, 2.45) is 0 Å². The van der Waals surface area contributed by atoms with Gasteiger partial charge in [-0.15, -0.1) is 0 Å². The molecule has 0 aliphatic heterocycles. The predicted octanol–water partition coefficient (Wildman–Crippen LogP) is 4.23. The maximum atomic E-state index is 6.06. The molecule has 0 aliphatic rings. The summed E-state index contributed by atoms with van der Waals surface area (Å²) in [5.41, 5.74) is 0. The van der Waals surface area contributed by atoms with Crippen LogP contribution in [-0.4, -0.2) is 15.2 Å². The summed E-state index contributed by atoms with van der Waals surface area (Å²) in [7, 11) is -0.822. The summed E-state index contributed by atoms with van der Waals surface area (Å²) in [5.74, 6) is 0.946. The van der Waals surface area contributed by atoms with Crippen molar-refractivity contribution in [3.05, 3.63) is 127 Å². The lowest BCUT2D eigenvalue weighted by molar-refractivity contribution is 0.418. The van der Waals surface area contributed by atoms with Crippen molar-refractivity contribution in [2.45, 2.75) is 0 Å². The lowest BCUT2D eigenvalue weighted by Crippen LogP contribution is -2.74. The van der Waals surface area contributed by atoms with Crippen LogP contribution in [0.25, 0.3) is 10.8 Å². The molecule has 0 saturated heterocycles. The van der Waals surface area contributed by atoms with E-state index in [1.165, 1.54) is 31.5 Å². The maximum absolute atomic E-state index is 6.06. The van der Waals surface area contributed by atoms with Gasteiger partial charge in [0.2, 0.25) is 0 Å². The third-order valence-corrected chi connectivity index (χ3v) is 10.9. The van der Waals surface area contributed by atoms with Crippen molar-refractivity contribution in [2.75, 3.05) is 7.11 Å². The third-order valence-electron chi connectivity index (χ3n) is 6.09. The summed E-state index contributed by atoms with van der Waals surface area (Å²) < 4.78 is 6.06. The molecule has 0 aromatic heterocycles. The van der Waals surface area contributed by atoms with Gasteiger partial charge in [0.1, 0.15) is 5.75 Å². The minimum absolute atomic E-state index is 0.946. The number of methoxy groups -OCH3 is 1. The summed E-state index contributed by atoms with van der Waals surface area (Å²) >= 11 is 0. The number of hydrogen-bond donors (Lipinski definition) is 0. The normalized spacial score (nSPS) is 11.4. The highest BCUT2D eigenvalue weighted by atomic mass is 28.3. The Morgan fingerprint density at radius 3 is 1.29 bits per heavy atom. The van der Waals surface area contributed by atoms with Crippen LogP contribution < -0.4 is 25.5 Å². The quantitative estimate of drug-likeness (QED) is 0.308. The number of benzene rings is 5. The Bertz CT molecular complexity index is 1200. The first-order valence-electron chi connectivity index (χ1n) is 10.6. The highest BCUT2D eigenvalue weighted by Gasteiger charge is 2.43. The molecule has 2 heteroatoms. The lowest BCUT2D eigenvalue weighted by atomic mass is 10.1. The summed E-state index contributed by atoms with van der Waals surface area (Å²) in [6, 6.07) is 45.9. The van der Waals surface area contributed by atoms with Gasteiger partial charge in [-0.25, -0.2) is 0 Å². The Morgan fingerprint density at radius 2 is 0.871 bits per heavy atom. The van der Waals surface area contributed by atoms with Crippen molar-refractivity contribution in [3.8, 4) is 5.75 Å². The maximum Gasteiger partial charge on any atom is 0.183 e. The summed E-state index contributed by atoms with van der Waals surface area (Å²) in [5, 5.41) is 7.75. The van der Waals surface area contributed by atoms with Crippen molar-refractivity contribution in [1.29, 1.82) is 0 Å². The van der Waals surface area contributed by atoms with Gasteiger partial charge in [0.15, 0.2) is 8.07 Å². The zero-order valence-electron chi connectivity index (χ0n) is 17.5. The van der Waals surface area contributed by atoms with Crippen molar-refractivity contribution < 1.29 is 4.74 Å². The molecule has 5 rings (SSSR count). The van der Waals surface area contributed by atoms with E-state index in [1.807, 2.05) is 0 Å². The van der Waals surface area contributed by atoms with Gasteiger partial charge in [-0.2, -0.15) is 0 Å². The molecule has 0 radical (unpaired) electrons. The monoisotopic (exact) mass is 416 g/mol. The van der Waals surface area contributed by atoms with E-state index in [-0.39, 0.29) is 0 Å². The zero-order valence-corrected chi connectivity index (χ0v) is 18.5. The van der Waals surface area contributed by atoms with Crippen LogP contribution in [0.2, 0.25) is 0 Å². The van der Waals surface area contributed by atoms with E-state index in [4.69, 9.17) is 4.74 Å². The van der Waals surface area contributed by atoms with Crippen molar-refractivity contribution >= 4 is 39.6 Å². The van der Waals surface area contributed by atoms with Crippen LogP contribution in [0, 0.1) is 0 Å². The lowest BCUT2D eigenvalue weighted by Gasteiger charge is -2.35. The molecule has 31 heavy (non-hydrogen) atoms. The van der Waals surface area contributed by atoms with E-state index in [9.17, 15) is 0 Å². The Hall–Kier alpha value is -3.62. The summed E-state index contributed by atoms with van der Waals surface area (Å²) in [6.07, 6.45) is 0. The van der Waals surface area contributed by atoms with Gasteiger partial charge in [0.05, 0.1) is 7.11 Å². The fraction of sp³-hybridized carbons (Fsp3) is 0.0345. The molecule has 0 saturated carbocycles. The van der Waals surface area contributed by atoms with Crippen LogP contribution in [0.15, 0.2) is 127 Å². The number of hydrogen-bond acceptors (Lipinski definition) is 1. The van der Waals surface area contributed by atoms with E-state index in [1.54, 1.807) is 7.11 Å². The molecule has 0 fully saturated rings. The number of rotatable bonds is 5. The molecule has 0 spiro atoms. The molecule has 0 heterocycles. The molecule has 0 aliphatic carbocycles. The Labute approximate surface area is 184 Å². The van der Waals surface area contributed by atoms with Gasteiger partial charge in [-0.05, 0) is 37.6 Å². The standard InChI is InChI=1S/C29H24OSi/c1-30-28-21-23-13-11-12-14-24(23)22-29(28)31(25-15-5-2-6-16-25,26-17-7-3-8-18-26)27-19-9-4-10-20-27/h2-22H,1H3. The molecule has 150 valence electrons. The topological polar surface area (TPSA) is 9.23 Å². The first-order valence-corrected chi connectivity index (χ1v) is 12.6. The molecule has 0 N–H and O–H groups in total. The molecule has 1 nitrogen and oxygen atoms in total. The van der Waals surface area contributed by atoms with E-state index in [2.05, 4.69) is 127 Å². The number of fused-ring (bicyclic) bond motifs is 1. The molecule has 0 unspecified atom stereocenters. The first-order chi connectivity index (χ1) is 15.3. The average Bonchev–Trinajstić information content (AvgIpc) is 2.86. The van der Waals surface area contributed by atoms with Crippen LogP contribution >= 0.6 is 0 Å². The minimum atomic E-state index is -2.61. The first kappa shape index (κ1) is 19.3. The molecule has 0 amide bonds. The number of ether oxygens (including phenoxy) is 1. The molecule has 0 atom stereocenters. The van der Waals surface area contributed by atoms with Crippen molar-refractivity contribution in [3.63, 3.8) is 0 Å². The second kappa shape index (κ2) is 8.25. The average molecular weight is 417 g/mol. The molecule has 5 aromatic rings. The Morgan fingerprint density at radius 1 is 0.484 bits per heavy atom. The van der Waals surface area contributed by atoms with Crippen LogP contribution in [0.1, 0.15) is 0 Å². The fourth-order valence-electron chi connectivity index (χ4n) is 4.71. The Balaban J connectivity index is 1.97. The highest BCUT2D eigenvalue weighted by Crippen LogP contribution is 2.23. The smallest absolute Gasteiger partial charge is 0.183 e. The minimum Gasteiger partial charge on any atom is -0.497 e. The van der Waals surface area contributed by atoms with Gasteiger partial charge in [-0.1, -0.05) is 121 Å². The predicted molar refractivity (Wildman–Crippen MR) is 134 cm³/mol. The second-order valence-electron chi connectivity index (χ2n) is 7.75. The zero-order chi connectivity index (χ0) is 21.1. The molecular weight excluding hydrogens is 392 g/mol. The Kier molecular flexibility index (Phi) is 5.15. The molecule has 5 aromatic carbocycles. The van der Waals surface area contributed by atoms with Crippen LogP contribution in [-0.2, 0) is 0 Å². The van der Waals surface area contributed by atoms with Gasteiger partial charge in [0.25, 0.3) is 0 Å². The van der Waals surface area contributed by atoms with Gasteiger partial charge in [-0.3, -0.25) is 0 Å².